The van der Waals surface area contributed by atoms with Crippen molar-refractivity contribution < 1.29 is 26.8 Å². The number of aromatic nitrogens is 2. The Balaban J connectivity index is 1.50. The number of carbonyl (C=O) groups excluding carboxylic acids is 1. The molecule has 0 bridgehead atoms. The van der Waals surface area contributed by atoms with Crippen LogP contribution in [-0.2, 0) is 15.6 Å². The monoisotopic (exact) mass is 413 g/mol. The molecule has 0 saturated heterocycles. The van der Waals surface area contributed by atoms with E-state index in [9.17, 15) is 13.2 Å². The summed E-state index contributed by atoms with van der Waals surface area (Å²) in [6, 6.07) is 14.5. The molecule has 0 radical (unpaired) electrons. The predicted octanol–water partition coefficient (Wildman–Crippen LogP) is 3.05. The fourth-order valence-corrected chi connectivity index (χ4v) is 3.88. The van der Waals surface area contributed by atoms with Crippen LogP contribution < -0.4 is 10.1 Å². The van der Waals surface area contributed by atoms with E-state index in [0.717, 1.165) is 0 Å². The van der Waals surface area contributed by atoms with Gasteiger partial charge < -0.3 is 13.6 Å². The minimum absolute atomic E-state index is 0.0150. The molecular formula is C19H15N3O6S. The number of rotatable bonds is 6. The highest BCUT2D eigenvalue weighted by Gasteiger charge is 2.21. The Kier molecular flexibility index (Phi) is 4.77. The molecule has 9 nitrogen and oxygen atoms in total. The summed E-state index contributed by atoms with van der Waals surface area (Å²) in [7, 11) is -2.15. The zero-order valence-electron chi connectivity index (χ0n) is 15.2. The van der Waals surface area contributed by atoms with Gasteiger partial charge in [0.1, 0.15) is 5.75 Å². The predicted molar refractivity (Wildman–Crippen MR) is 102 cm³/mol. The Hall–Kier alpha value is -3.66. The third kappa shape index (κ3) is 3.83. The zero-order chi connectivity index (χ0) is 20.4. The average Bonchev–Trinajstić information content (AvgIpc) is 3.34. The molecule has 1 amide bonds. The fraction of sp³-hybridized carbons (Fsp3) is 0.105. The summed E-state index contributed by atoms with van der Waals surface area (Å²) in [6.07, 6.45) is 0. The fourth-order valence-electron chi connectivity index (χ4n) is 2.70. The molecule has 0 aliphatic heterocycles. The lowest BCUT2D eigenvalue weighted by atomic mass is 10.2. The van der Waals surface area contributed by atoms with Crippen LogP contribution in [-0.4, -0.2) is 31.6 Å². The molecule has 2 heterocycles. The van der Waals surface area contributed by atoms with Crippen LogP contribution in [0.2, 0.25) is 0 Å². The van der Waals surface area contributed by atoms with Crippen LogP contribution in [0.1, 0.15) is 16.4 Å². The van der Waals surface area contributed by atoms with Gasteiger partial charge in [0.15, 0.2) is 26.9 Å². The van der Waals surface area contributed by atoms with Crippen molar-refractivity contribution >= 4 is 32.7 Å². The normalized spacial score (nSPS) is 11.5. The molecule has 148 valence electrons. The molecule has 2 aromatic carbocycles. The van der Waals surface area contributed by atoms with Crippen LogP contribution in [0.3, 0.4) is 0 Å². The number of nitrogens with zero attached hydrogens (tertiary/aromatic N) is 2. The molecule has 2 aromatic heterocycles. The number of furan rings is 1. The smallest absolute Gasteiger partial charge is 0.322 e. The van der Waals surface area contributed by atoms with Crippen molar-refractivity contribution in [3.05, 3.63) is 66.2 Å². The molecule has 4 aromatic rings. The largest absolute Gasteiger partial charge is 0.493 e. The second-order valence-corrected chi connectivity index (χ2v) is 8.01. The number of fused-ring (bicyclic) bond motifs is 1. The molecule has 4 rings (SSSR count). The van der Waals surface area contributed by atoms with Crippen LogP contribution in [0.4, 0.5) is 6.01 Å². The zero-order valence-corrected chi connectivity index (χ0v) is 16.0. The van der Waals surface area contributed by atoms with Gasteiger partial charge in [-0.2, -0.15) is 0 Å². The first-order valence-electron chi connectivity index (χ1n) is 8.44. The molecule has 0 atom stereocenters. The molecule has 0 spiro atoms. The highest BCUT2D eigenvalue weighted by atomic mass is 32.2. The lowest BCUT2D eigenvalue weighted by Crippen LogP contribution is -2.11. The quantitative estimate of drug-likeness (QED) is 0.511. The third-order valence-electron chi connectivity index (χ3n) is 4.05. The SMILES string of the molecule is COc1cccc2cc(C(=O)Nc3nnc(CS(=O)(=O)c4ccccc4)o3)oc12. The number of anilines is 1. The highest BCUT2D eigenvalue weighted by Crippen LogP contribution is 2.28. The standard InChI is InChI=1S/C19H15N3O6S/c1-26-14-9-5-6-12-10-15(27-17(12)14)18(23)20-19-22-21-16(28-19)11-29(24,25)13-7-3-2-4-8-13/h2-10H,11H2,1H3,(H,20,22,23). The minimum Gasteiger partial charge on any atom is -0.493 e. The summed E-state index contributed by atoms with van der Waals surface area (Å²) >= 11 is 0. The van der Waals surface area contributed by atoms with Crippen molar-refractivity contribution in [2.45, 2.75) is 10.6 Å². The first kappa shape index (κ1) is 18.7. The summed E-state index contributed by atoms with van der Waals surface area (Å²) in [4.78, 5) is 12.5. The van der Waals surface area contributed by atoms with Crippen LogP contribution in [0.5, 0.6) is 5.75 Å². The summed E-state index contributed by atoms with van der Waals surface area (Å²) in [5.74, 6) is -0.740. The van der Waals surface area contributed by atoms with Crippen molar-refractivity contribution in [2.24, 2.45) is 0 Å². The summed E-state index contributed by atoms with van der Waals surface area (Å²) < 4.78 is 40.7. The van der Waals surface area contributed by atoms with E-state index < -0.39 is 21.5 Å². The molecule has 1 N–H and O–H groups in total. The van der Waals surface area contributed by atoms with Crippen molar-refractivity contribution in [1.29, 1.82) is 0 Å². The van der Waals surface area contributed by atoms with E-state index in [1.807, 2.05) is 0 Å². The maximum absolute atomic E-state index is 12.4. The second-order valence-electron chi connectivity index (χ2n) is 6.02. The third-order valence-corrected chi connectivity index (χ3v) is 5.67. The van der Waals surface area contributed by atoms with E-state index in [0.29, 0.717) is 16.7 Å². The minimum atomic E-state index is -3.65. The molecule has 0 unspecified atom stereocenters. The number of ether oxygens (including phenoxy) is 1. The Labute approximate surface area is 165 Å². The van der Waals surface area contributed by atoms with Gasteiger partial charge in [-0.25, -0.2) is 8.42 Å². The van der Waals surface area contributed by atoms with Gasteiger partial charge in [-0.15, -0.1) is 5.10 Å². The molecule has 0 fully saturated rings. The topological polar surface area (TPSA) is 125 Å². The van der Waals surface area contributed by atoms with Gasteiger partial charge in [-0.05, 0) is 24.3 Å². The number of nitrogens with one attached hydrogen (secondary N) is 1. The number of para-hydroxylation sites is 1. The average molecular weight is 413 g/mol. The number of carbonyl (C=O) groups is 1. The van der Waals surface area contributed by atoms with Gasteiger partial charge in [-0.1, -0.05) is 35.4 Å². The maximum Gasteiger partial charge on any atom is 0.322 e. The van der Waals surface area contributed by atoms with E-state index in [2.05, 4.69) is 15.5 Å². The number of hydrogen-bond acceptors (Lipinski definition) is 8. The molecular weight excluding hydrogens is 398 g/mol. The first-order chi connectivity index (χ1) is 14.0. The van der Waals surface area contributed by atoms with Gasteiger partial charge in [-0.3, -0.25) is 10.1 Å². The van der Waals surface area contributed by atoms with Crippen molar-refractivity contribution in [1.82, 2.24) is 10.2 Å². The van der Waals surface area contributed by atoms with Crippen molar-refractivity contribution in [3.63, 3.8) is 0 Å². The summed E-state index contributed by atoms with van der Waals surface area (Å²) in [5.41, 5.74) is 0.431. The van der Waals surface area contributed by atoms with Gasteiger partial charge in [0.2, 0.25) is 5.89 Å². The van der Waals surface area contributed by atoms with Crippen molar-refractivity contribution in [2.75, 3.05) is 12.4 Å². The van der Waals surface area contributed by atoms with Crippen molar-refractivity contribution in [3.8, 4) is 5.75 Å². The number of methoxy groups -OCH3 is 1. The van der Waals surface area contributed by atoms with Crippen LogP contribution in [0.15, 0.2) is 68.3 Å². The summed E-state index contributed by atoms with van der Waals surface area (Å²) in [5, 5.41) is 10.4. The lowest BCUT2D eigenvalue weighted by Gasteiger charge is -2.00. The molecule has 0 saturated carbocycles. The van der Waals surface area contributed by atoms with E-state index in [1.165, 1.54) is 19.2 Å². The summed E-state index contributed by atoms with van der Waals surface area (Å²) in [6.45, 7) is 0. The number of amides is 1. The highest BCUT2D eigenvalue weighted by molar-refractivity contribution is 7.90. The number of hydrogen-bond donors (Lipinski definition) is 1. The lowest BCUT2D eigenvalue weighted by molar-refractivity contribution is 0.0995. The first-order valence-corrected chi connectivity index (χ1v) is 10.1. The Morgan fingerprint density at radius 2 is 1.86 bits per heavy atom. The number of benzene rings is 2. The van der Waals surface area contributed by atoms with E-state index in [4.69, 9.17) is 13.6 Å². The van der Waals surface area contributed by atoms with E-state index >= 15 is 0 Å². The maximum atomic E-state index is 12.4. The Morgan fingerprint density at radius 3 is 2.62 bits per heavy atom. The van der Waals surface area contributed by atoms with Gasteiger partial charge >= 0.3 is 6.01 Å². The van der Waals surface area contributed by atoms with Gasteiger partial charge in [0.25, 0.3) is 5.91 Å². The van der Waals surface area contributed by atoms with E-state index in [1.54, 1.807) is 42.5 Å². The molecule has 0 aliphatic rings. The van der Waals surface area contributed by atoms with Crippen LogP contribution >= 0.6 is 0 Å². The Bertz CT molecular complexity index is 1280. The van der Waals surface area contributed by atoms with Crippen LogP contribution in [0.25, 0.3) is 11.0 Å². The number of sulfone groups is 1. The van der Waals surface area contributed by atoms with E-state index in [-0.39, 0.29) is 22.6 Å². The Morgan fingerprint density at radius 1 is 1.07 bits per heavy atom. The molecule has 0 aliphatic carbocycles. The molecule has 29 heavy (non-hydrogen) atoms. The second kappa shape index (κ2) is 7.40. The molecule has 10 heteroatoms. The van der Waals surface area contributed by atoms with Gasteiger partial charge in [0.05, 0.1) is 12.0 Å². The van der Waals surface area contributed by atoms with Crippen LogP contribution in [0, 0.1) is 0 Å². The van der Waals surface area contributed by atoms with Gasteiger partial charge in [0, 0.05) is 5.39 Å².